The summed E-state index contributed by atoms with van der Waals surface area (Å²) in [7, 11) is -0.676. The van der Waals surface area contributed by atoms with Crippen LogP contribution in [0.15, 0.2) is 0 Å². The van der Waals surface area contributed by atoms with E-state index in [1.165, 1.54) is 0 Å². The molecule has 1 saturated heterocycles. The highest BCUT2D eigenvalue weighted by Gasteiger charge is 2.29. The Morgan fingerprint density at radius 2 is 2.00 bits per heavy atom. The first-order valence-corrected chi connectivity index (χ1v) is 7.20. The molecule has 0 aliphatic carbocycles. The van der Waals surface area contributed by atoms with Gasteiger partial charge in [0.05, 0.1) is 5.41 Å². The summed E-state index contributed by atoms with van der Waals surface area (Å²) in [5.74, 6) is 1.71. The number of carbonyl (C=O) groups is 1. The Labute approximate surface area is 98.4 Å². The first-order valence-electron chi connectivity index (χ1n) is 5.17. The average Bonchev–Trinajstić information content (AvgIpc) is 2.21. The fourth-order valence-corrected chi connectivity index (χ4v) is 2.80. The quantitative estimate of drug-likeness (QED) is 0.768. The Bertz CT molecular complexity index is 258. The molecule has 0 bridgehead atoms. The van der Waals surface area contributed by atoms with Gasteiger partial charge in [0.2, 0.25) is 5.91 Å². The third-order valence-corrected chi connectivity index (χ3v) is 4.72. The zero-order chi connectivity index (χ0) is 11.5. The van der Waals surface area contributed by atoms with Crippen LogP contribution in [0.5, 0.6) is 0 Å². The third kappa shape index (κ3) is 3.76. The fourth-order valence-electron chi connectivity index (χ4n) is 1.38. The van der Waals surface area contributed by atoms with Crippen LogP contribution in [-0.2, 0) is 15.6 Å². The predicted molar refractivity (Wildman–Crippen MR) is 63.5 cm³/mol. The Balaban J connectivity index is 2.42. The van der Waals surface area contributed by atoms with E-state index in [0.717, 1.165) is 12.8 Å². The van der Waals surface area contributed by atoms with Crippen molar-refractivity contribution in [3.05, 3.63) is 0 Å². The second kappa shape index (κ2) is 5.30. The topological polar surface area (TPSA) is 46.2 Å². The lowest BCUT2D eigenvalue weighted by molar-refractivity contribution is -0.129. The number of alkyl halides is 1. The largest absolute Gasteiger partial charge is 0.353 e. The summed E-state index contributed by atoms with van der Waals surface area (Å²) in [6.07, 6.45) is 1.63. The number of carbonyl (C=O) groups excluding carboxylic acids is 1. The molecule has 1 amide bonds. The standard InChI is InChI=1S/C10H18ClNO2S/c1-10(2,7-11)9(13)12-8-3-5-15(14)6-4-8/h8H,3-7H2,1-2H3,(H,12,13). The molecule has 1 aliphatic rings. The minimum absolute atomic E-state index is 0.00446. The van der Waals surface area contributed by atoms with E-state index in [-0.39, 0.29) is 11.9 Å². The smallest absolute Gasteiger partial charge is 0.227 e. The van der Waals surface area contributed by atoms with Crippen molar-refractivity contribution in [1.82, 2.24) is 5.32 Å². The summed E-state index contributed by atoms with van der Waals surface area (Å²) in [4.78, 5) is 11.8. The van der Waals surface area contributed by atoms with Crippen LogP contribution in [0.1, 0.15) is 26.7 Å². The van der Waals surface area contributed by atoms with Gasteiger partial charge in [-0.05, 0) is 26.7 Å². The minimum atomic E-state index is -0.676. The van der Waals surface area contributed by atoms with Gasteiger partial charge in [-0.25, -0.2) is 0 Å². The molecule has 1 rings (SSSR count). The van der Waals surface area contributed by atoms with E-state index < -0.39 is 16.2 Å². The molecule has 0 atom stereocenters. The lowest BCUT2D eigenvalue weighted by Gasteiger charge is -2.27. The Hall–Kier alpha value is -0.0900. The summed E-state index contributed by atoms with van der Waals surface area (Å²) in [6.45, 7) is 3.66. The van der Waals surface area contributed by atoms with Crippen molar-refractivity contribution in [1.29, 1.82) is 0 Å². The number of nitrogens with one attached hydrogen (secondary N) is 1. The minimum Gasteiger partial charge on any atom is -0.353 e. The van der Waals surface area contributed by atoms with Crippen LogP contribution in [0.2, 0.25) is 0 Å². The SMILES string of the molecule is CC(C)(CCl)C(=O)NC1CCS(=O)CC1. The molecule has 3 nitrogen and oxygen atoms in total. The van der Waals surface area contributed by atoms with Crippen LogP contribution in [0.25, 0.3) is 0 Å². The summed E-state index contributed by atoms with van der Waals surface area (Å²) >= 11 is 5.72. The van der Waals surface area contributed by atoms with Crippen LogP contribution >= 0.6 is 11.6 Å². The third-order valence-electron chi connectivity index (χ3n) is 2.67. The summed E-state index contributed by atoms with van der Waals surface area (Å²) in [5.41, 5.74) is -0.516. The molecule has 0 spiro atoms. The van der Waals surface area contributed by atoms with Crippen LogP contribution in [0, 0.1) is 5.41 Å². The average molecular weight is 252 g/mol. The number of hydrogen-bond acceptors (Lipinski definition) is 2. The van der Waals surface area contributed by atoms with Crippen molar-refractivity contribution < 1.29 is 9.00 Å². The van der Waals surface area contributed by atoms with Gasteiger partial charge in [-0.3, -0.25) is 9.00 Å². The molecule has 1 aliphatic heterocycles. The molecule has 1 fully saturated rings. The molecule has 0 aromatic rings. The van der Waals surface area contributed by atoms with Gasteiger partial charge in [0, 0.05) is 34.2 Å². The second-order valence-corrected chi connectivity index (χ2v) is 6.58. The van der Waals surface area contributed by atoms with Crippen LogP contribution in [0.3, 0.4) is 0 Å². The van der Waals surface area contributed by atoms with Gasteiger partial charge >= 0.3 is 0 Å². The molecule has 0 saturated carbocycles. The van der Waals surface area contributed by atoms with Crippen molar-refractivity contribution >= 4 is 28.3 Å². The number of amides is 1. The van der Waals surface area contributed by atoms with Crippen LogP contribution in [-0.4, -0.2) is 33.5 Å². The van der Waals surface area contributed by atoms with Gasteiger partial charge < -0.3 is 5.32 Å². The molecule has 1 N–H and O–H groups in total. The van der Waals surface area contributed by atoms with E-state index in [4.69, 9.17) is 11.6 Å². The van der Waals surface area contributed by atoms with Crippen molar-refractivity contribution in [3.8, 4) is 0 Å². The summed E-state index contributed by atoms with van der Waals surface area (Å²) in [6, 6.07) is 0.178. The van der Waals surface area contributed by atoms with Gasteiger partial charge in [0.15, 0.2) is 0 Å². The van der Waals surface area contributed by atoms with Crippen LogP contribution < -0.4 is 5.32 Å². The molecule has 5 heteroatoms. The van der Waals surface area contributed by atoms with E-state index in [1.807, 2.05) is 13.8 Å². The molecule has 88 valence electrons. The highest BCUT2D eigenvalue weighted by molar-refractivity contribution is 7.85. The number of rotatable bonds is 3. The molecular weight excluding hydrogens is 234 g/mol. The van der Waals surface area contributed by atoms with E-state index in [0.29, 0.717) is 17.4 Å². The number of hydrogen-bond donors (Lipinski definition) is 1. The molecule has 1 heterocycles. The monoisotopic (exact) mass is 251 g/mol. The maximum atomic E-state index is 11.8. The van der Waals surface area contributed by atoms with E-state index in [1.54, 1.807) is 0 Å². The van der Waals surface area contributed by atoms with Crippen molar-refractivity contribution in [2.45, 2.75) is 32.7 Å². The lowest BCUT2D eigenvalue weighted by atomic mass is 9.94. The van der Waals surface area contributed by atoms with Gasteiger partial charge in [0.1, 0.15) is 0 Å². The maximum Gasteiger partial charge on any atom is 0.227 e. The van der Waals surface area contributed by atoms with Gasteiger partial charge in [0.25, 0.3) is 0 Å². The van der Waals surface area contributed by atoms with Gasteiger partial charge in [-0.2, -0.15) is 0 Å². The second-order valence-electron chi connectivity index (χ2n) is 4.61. The van der Waals surface area contributed by atoms with Crippen molar-refractivity contribution in [3.63, 3.8) is 0 Å². The zero-order valence-corrected chi connectivity index (χ0v) is 10.8. The Morgan fingerprint density at radius 3 is 2.47 bits per heavy atom. The highest BCUT2D eigenvalue weighted by Crippen LogP contribution is 2.18. The first kappa shape index (κ1) is 13.0. The number of halogens is 1. The Kier molecular flexibility index (Phi) is 4.59. The molecule has 0 radical (unpaired) electrons. The molecule has 15 heavy (non-hydrogen) atoms. The van der Waals surface area contributed by atoms with E-state index in [2.05, 4.69) is 5.32 Å². The summed E-state index contributed by atoms with van der Waals surface area (Å²) in [5, 5.41) is 2.97. The van der Waals surface area contributed by atoms with E-state index in [9.17, 15) is 9.00 Å². The zero-order valence-electron chi connectivity index (χ0n) is 9.22. The van der Waals surface area contributed by atoms with Gasteiger partial charge in [-0.15, -0.1) is 11.6 Å². The molecular formula is C10H18ClNO2S. The molecule has 0 aromatic carbocycles. The van der Waals surface area contributed by atoms with E-state index >= 15 is 0 Å². The van der Waals surface area contributed by atoms with Crippen molar-refractivity contribution in [2.75, 3.05) is 17.4 Å². The van der Waals surface area contributed by atoms with Crippen molar-refractivity contribution in [2.24, 2.45) is 5.41 Å². The lowest BCUT2D eigenvalue weighted by Crippen LogP contribution is -2.46. The molecule has 0 unspecified atom stereocenters. The predicted octanol–water partition coefficient (Wildman–Crippen LogP) is 1.28. The Morgan fingerprint density at radius 1 is 1.47 bits per heavy atom. The normalized spacial score (nSPS) is 27.4. The molecule has 0 aromatic heterocycles. The highest BCUT2D eigenvalue weighted by atomic mass is 35.5. The first-order chi connectivity index (χ1) is 6.95. The maximum absolute atomic E-state index is 11.8. The van der Waals surface area contributed by atoms with Gasteiger partial charge in [-0.1, -0.05) is 0 Å². The van der Waals surface area contributed by atoms with Crippen LogP contribution in [0.4, 0.5) is 0 Å². The fraction of sp³-hybridized carbons (Fsp3) is 0.900. The summed E-state index contributed by atoms with van der Waals surface area (Å²) < 4.78 is 11.1.